The van der Waals surface area contributed by atoms with Crippen molar-refractivity contribution in [2.75, 3.05) is 24.1 Å². The van der Waals surface area contributed by atoms with E-state index in [9.17, 15) is 4.79 Å². The molecule has 0 atom stereocenters. The Labute approximate surface area is 186 Å². The van der Waals surface area contributed by atoms with Gasteiger partial charge in [-0.05, 0) is 42.7 Å². The summed E-state index contributed by atoms with van der Waals surface area (Å²) >= 11 is 0. The number of carbonyl (C=O) groups is 1. The van der Waals surface area contributed by atoms with Crippen molar-refractivity contribution in [3.63, 3.8) is 0 Å². The number of nitrogens with zero attached hydrogens (tertiary/aromatic N) is 3. The topological polar surface area (TPSA) is 126 Å². The molecule has 4 N–H and O–H groups in total. The summed E-state index contributed by atoms with van der Waals surface area (Å²) in [7, 11) is 0. The number of nitrogens with one attached hydrogen (secondary N) is 2. The van der Waals surface area contributed by atoms with Crippen molar-refractivity contribution in [2.24, 2.45) is 0 Å². The van der Waals surface area contributed by atoms with Crippen LogP contribution in [-0.4, -0.2) is 29.0 Å². The molecular weight excluding hydrogens is 404 g/mol. The standard InChI is InChI=1S/C24H24N6O2/c1-17(15-25)24(31)28-14-6-5-13-27-23-21(22(26)29-16-30-23)18-9-11-20(12-10-18)32-19-7-3-2-4-8-19/h2-4,7-12,16H,1,5-6,13-14H2,(H,28,31)(H3,26,27,29,30). The highest BCUT2D eigenvalue weighted by atomic mass is 16.5. The van der Waals surface area contributed by atoms with Gasteiger partial charge in [-0.1, -0.05) is 36.9 Å². The molecule has 8 heteroatoms. The van der Waals surface area contributed by atoms with Crippen LogP contribution in [0.4, 0.5) is 11.6 Å². The lowest BCUT2D eigenvalue weighted by Gasteiger charge is -2.13. The third-order valence-electron chi connectivity index (χ3n) is 4.59. The number of unbranched alkanes of at least 4 members (excludes halogenated alkanes) is 1. The van der Waals surface area contributed by atoms with Gasteiger partial charge in [-0.3, -0.25) is 4.79 Å². The van der Waals surface area contributed by atoms with Gasteiger partial charge >= 0.3 is 0 Å². The Balaban J connectivity index is 1.58. The maximum absolute atomic E-state index is 11.5. The van der Waals surface area contributed by atoms with Gasteiger partial charge in [0, 0.05) is 13.1 Å². The average Bonchev–Trinajstić information content (AvgIpc) is 2.82. The number of benzene rings is 2. The van der Waals surface area contributed by atoms with Crippen LogP contribution in [0.25, 0.3) is 11.1 Å². The molecule has 0 bridgehead atoms. The predicted molar refractivity (Wildman–Crippen MR) is 124 cm³/mol. The molecule has 32 heavy (non-hydrogen) atoms. The van der Waals surface area contributed by atoms with E-state index in [4.69, 9.17) is 15.7 Å². The van der Waals surface area contributed by atoms with Crippen LogP contribution in [0.3, 0.4) is 0 Å². The predicted octanol–water partition coefficient (Wildman–Crippen LogP) is 3.91. The molecule has 0 fully saturated rings. The molecule has 0 unspecified atom stereocenters. The number of para-hydroxylation sites is 1. The van der Waals surface area contributed by atoms with Crippen LogP contribution in [0.15, 0.2) is 73.1 Å². The fourth-order valence-corrected chi connectivity index (χ4v) is 2.95. The first-order valence-electron chi connectivity index (χ1n) is 10.1. The molecule has 8 nitrogen and oxygen atoms in total. The van der Waals surface area contributed by atoms with E-state index < -0.39 is 5.91 Å². The minimum absolute atomic E-state index is 0.0931. The lowest BCUT2D eigenvalue weighted by molar-refractivity contribution is -0.117. The Morgan fingerprint density at radius 2 is 1.72 bits per heavy atom. The van der Waals surface area contributed by atoms with Crippen LogP contribution in [0.2, 0.25) is 0 Å². The summed E-state index contributed by atoms with van der Waals surface area (Å²) < 4.78 is 5.84. The SMILES string of the molecule is C=C(C#N)C(=O)NCCCCNc1ncnc(N)c1-c1ccc(Oc2ccccc2)cc1. The fraction of sp³-hybridized carbons (Fsp3) is 0.167. The normalized spacial score (nSPS) is 10.1. The van der Waals surface area contributed by atoms with Crippen molar-refractivity contribution in [1.82, 2.24) is 15.3 Å². The van der Waals surface area contributed by atoms with Crippen LogP contribution in [0.1, 0.15) is 12.8 Å². The van der Waals surface area contributed by atoms with Gasteiger partial charge in [-0.15, -0.1) is 0 Å². The quantitative estimate of drug-likeness (QED) is 0.254. The van der Waals surface area contributed by atoms with E-state index in [1.165, 1.54) is 6.33 Å². The highest BCUT2D eigenvalue weighted by molar-refractivity contribution is 5.96. The van der Waals surface area contributed by atoms with Crippen LogP contribution >= 0.6 is 0 Å². The summed E-state index contributed by atoms with van der Waals surface area (Å²) in [5.41, 5.74) is 7.63. The van der Waals surface area contributed by atoms with E-state index in [-0.39, 0.29) is 5.57 Å². The van der Waals surface area contributed by atoms with Crippen molar-refractivity contribution in [2.45, 2.75) is 12.8 Å². The number of rotatable bonds is 10. The van der Waals surface area contributed by atoms with Gasteiger partial charge in [0.2, 0.25) is 0 Å². The van der Waals surface area contributed by atoms with Gasteiger partial charge in [0.15, 0.2) is 0 Å². The Kier molecular flexibility index (Phi) is 7.76. The van der Waals surface area contributed by atoms with Crippen molar-refractivity contribution < 1.29 is 9.53 Å². The summed E-state index contributed by atoms with van der Waals surface area (Å²) in [5.74, 6) is 2.05. The molecule has 2 aromatic carbocycles. The van der Waals surface area contributed by atoms with Crippen LogP contribution in [0, 0.1) is 11.3 Å². The summed E-state index contributed by atoms with van der Waals surface area (Å²) in [5, 5.41) is 14.6. The number of nitriles is 1. The summed E-state index contributed by atoms with van der Waals surface area (Å²) in [6, 6.07) is 18.9. The fourth-order valence-electron chi connectivity index (χ4n) is 2.95. The molecule has 0 saturated carbocycles. The van der Waals surface area contributed by atoms with E-state index in [1.807, 2.05) is 54.6 Å². The minimum Gasteiger partial charge on any atom is -0.457 e. The molecule has 0 radical (unpaired) electrons. The Morgan fingerprint density at radius 3 is 2.44 bits per heavy atom. The molecule has 0 saturated heterocycles. The smallest absolute Gasteiger partial charge is 0.261 e. The molecule has 1 heterocycles. The molecule has 0 aliphatic carbocycles. The summed E-state index contributed by atoms with van der Waals surface area (Å²) in [4.78, 5) is 20.0. The Hall–Kier alpha value is -4.38. The van der Waals surface area contributed by atoms with Gasteiger partial charge in [0.25, 0.3) is 5.91 Å². The van der Waals surface area contributed by atoms with Gasteiger partial charge in [-0.2, -0.15) is 5.26 Å². The third-order valence-corrected chi connectivity index (χ3v) is 4.59. The first-order valence-corrected chi connectivity index (χ1v) is 10.1. The third kappa shape index (κ3) is 6.06. The zero-order valence-corrected chi connectivity index (χ0v) is 17.5. The number of nitrogen functional groups attached to an aromatic ring is 1. The van der Waals surface area contributed by atoms with E-state index in [2.05, 4.69) is 27.2 Å². The zero-order chi connectivity index (χ0) is 22.8. The highest BCUT2D eigenvalue weighted by Crippen LogP contribution is 2.32. The second-order valence-corrected chi connectivity index (χ2v) is 6.90. The molecule has 162 valence electrons. The van der Waals surface area contributed by atoms with Crippen molar-refractivity contribution in [3.8, 4) is 28.7 Å². The van der Waals surface area contributed by atoms with Crippen molar-refractivity contribution in [3.05, 3.63) is 73.1 Å². The summed E-state index contributed by atoms with van der Waals surface area (Å²) in [6.07, 6.45) is 2.94. The number of amides is 1. The number of hydrogen-bond acceptors (Lipinski definition) is 7. The lowest BCUT2D eigenvalue weighted by atomic mass is 10.1. The summed E-state index contributed by atoms with van der Waals surface area (Å²) in [6.45, 7) is 4.48. The Bertz CT molecular complexity index is 1110. The zero-order valence-electron chi connectivity index (χ0n) is 17.5. The largest absolute Gasteiger partial charge is 0.457 e. The number of carbonyl (C=O) groups excluding carboxylic acids is 1. The van der Waals surface area contributed by atoms with Crippen LogP contribution in [-0.2, 0) is 4.79 Å². The maximum Gasteiger partial charge on any atom is 0.261 e. The molecule has 3 rings (SSSR count). The van der Waals surface area contributed by atoms with E-state index in [0.717, 1.165) is 29.7 Å². The second-order valence-electron chi connectivity index (χ2n) is 6.90. The first-order chi connectivity index (χ1) is 15.6. The molecule has 3 aromatic rings. The number of ether oxygens (including phenoxy) is 1. The van der Waals surface area contributed by atoms with Gasteiger partial charge in [0.1, 0.15) is 41.1 Å². The molecule has 0 spiro atoms. The Morgan fingerprint density at radius 1 is 1.03 bits per heavy atom. The maximum atomic E-state index is 11.5. The van der Waals surface area contributed by atoms with Crippen molar-refractivity contribution in [1.29, 1.82) is 5.26 Å². The molecule has 0 aliphatic heterocycles. The second kappa shape index (κ2) is 11.1. The number of hydrogen-bond donors (Lipinski definition) is 3. The molecule has 1 aromatic heterocycles. The molecular formula is C24H24N6O2. The van der Waals surface area contributed by atoms with Crippen molar-refractivity contribution >= 4 is 17.5 Å². The van der Waals surface area contributed by atoms with Gasteiger partial charge < -0.3 is 21.1 Å². The van der Waals surface area contributed by atoms with Crippen LogP contribution in [0.5, 0.6) is 11.5 Å². The number of aromatic nitrogens is 2. The monoisotopic (exact) mass is 428 g/mol. The van der Waals surface area contributed by atoms with Crippen LogP contribution < -0.4 is 21.1 Å². The van der Waals surface area contributed by atoms with E-state index >= 15 is 0 Å². The minimum atomic E-state index is -0.439. The van der Waals surface area contributed by atoms with Gasteiger partial charge in [0.05, 0.1) is 5.56 Å². The average molecular weight is 428 g/mol. The van der Waals surface area contributed by atoms with E-state index in [1.54, 1.807) is 6.07 Å². The number of nitrogens with two attached hydrogens (primary N) is 1. The lowest BCUT2D eigenvalue weighted by Crippen LogP contribution is -2.25. The highest BCUT2D eigenvalue weighted by Gasteiger charge is 2.12. The van der Waals surface area contributed by atoms with E-state index in [0.29, 0.717) is 30.5 Å². The molecule has 0 aliphatic rings. The van der Waals surface area contributed by atoms with Gasteiger partial charge in [-0.25, -0.2) is 9.97 Å². The molecule has 1 amide bonds. The number of anilines is 2. The first kappa shape index (κ1) is 22.3.